The van der Waals surface area contributed by atoms with E-state index in [4.69, 9.17) is 18.9 Å². The molecule has 6 unspecified atom stereocenters. The van der Waals surface area contributed by atoms with Crippen molar-refractivity contribution in [2.24, 2.45) is 40.4 Å². The van der Waals surface area contributed by atoms with E-state index in [1.165, 1.54) is 34.8 Å². The summed E-state index contributed by atoms with van der Waals surface area (Å²) in [5, 5.41) is 17.4. The summed E-state index contributed by atoms with van der Waals surface area (Å²) in [6.07, 6.45) is 2.73. The number of hydrogen-bond donors (Lipinski definition) is 4. The maximum absolute atomic E-state index is 14.2. The van der Waals surface area contributed by atoms with Crippen LogP contribution in [0.4, 0.5) is 0 Å². The van der Waals surface area contributed by atoms with Crippen LogP contribution in [0.1, 0.15) is 127 Å². The summed E-state index contributed by atoms with van der Waals surface area (Å²) >= 11 is 0. The molecule has 0 aliphatic carbocycles. The van der Waals surface area contributed by atoms with Gasteiger partial charge in [0.1, 0.15) is 13.2 Å². The number of rotatable bonds is 31. The van der Waals surface area contributed by atoms with Crippen molar-refractivity contribution < 1.29 is 95.3 Å². The Balaban J connectivity index is 0. The molecule has 0 fully saturated rings. The van der Waals surface area contributed by atoms with Gasteiger partial charge in [-0.05, 0) is 72.1 Å². The van der Waals surface area contributed by atoms with Gasteiger partial charge in [0.05, 0.1) is 59.1 Å². The number of nitrogens with one attached hydrogen (secondary N) is 3. The predicted molar refractivity (Wildman–Crippen MR) is 219 cm³/mol. The molecule has 0 aliphatic rings. The Kier molecular flexibility index (Phi) is 29.0. The number of aliphatic hydroxyl groups is 1. The van der Waals surface area contributed by atoms with E-state index in [1.54, 1.807) is 27.7 Å². The van der Waals surface area contributed by atoms with Gasteiger partial charge in [-0.25, -0.2) is 8.42 Å². The summed E-state index contributed by atoms with van der Waals surface area (Å²) in [5.41, 5.74) is -4.78. The van der Waals surface area contributed by atoms with E-state index < -0.39 is 92.9 Å². The topological polar surface area (TPSA) is 253 Å². The van der Waals surface area contributed by atoms with Crippen LogP contribution in [0.25, 0.3) is 0 Å². The number of amides is 3. The van der Waals surface area contributed by atoms with Gasteiger partial charge in [0.25, 0.3) is 0 Å². The number of carbonyl (C=O) groups excluding carboxylic acids is 6. The minimum Gasteiger partial charge on any atom is -0.748 e. The number of hydrogen-bond acceptors (Lipinski definition) is 14. The molecule has 6 atom stereocenters. The first-order chi connectivity index (χ1) is 27.3. The van der Waals surface area contributed by atoms with Crippen LogP contribution in [0, 0.1) is 40.4 Å². The van der Waals surface area contributed by atoms with Crippen molar-refractivity contribution in [3.05, 3.63) is 0 Å². The zero-order valence-corrected chi connectivity index (χ0v) is 41.2. The molecule has 3 amide bonds. The summed E-state index contributed by atoms with van der Waals surface area (Å²) in [5.74, 6) is -7.65. The van der Waals surface area contributed by atoms with E-state index in [-0.39, 0.29) is 106 Å². The van der Waals surface area contributed by atoms with Crippen LogP contribution in [0.15, 0.2) is 0 Å². The average Bonchev–Trinajstić information content (AvgIpc) is 3.14. The van der Waals surface area contributed by atoms with Crippen LogP contribution >= 0.6 is 0 Å². The van der Waals surface area contributed by atoms with Gasteiger partial charge in [0.2, 0.25) is 17.7 Å². The summed E-state index contributed by atoms with van der Waals surface area (Å²) in [7, 11) is -3.31. The maximum atomic E-state index is 14.2. The normalized spacial score (nSPS) is 15.8. The predicted octanol–water partition coefficient (Wildman–Crippen LogP) is 0.613. The monoisotopic (exact) mass is 887 g/mol. The molecule has 17 nitrogen and oxygen atoms in total. The Morgan fingerprint density at radius 1 is 0.767 bits per heavy atom. The molecule has 0 saturated carbocycles. The molecule has 0 aromatic rings. The van der Waals surface area contributed by atoms with Gasteiger partial charge in [-0.2, -0.15) is 0 Å². The van der Waals surface area contributed by atoms with Crippen LogP contribution < -0.4 is 45.5 Å². The first kappa shape index (κ1) is 59.7. The molecule has 0 heterocycles. The second-order valence-corrected chi connectivity index (χ2v) is 18.6. The van der Waals surface area contributed by atoms with E-state index in [0.29, 0.717) is 0 Å². The average molecular weight is 888 g/mol. The third-order valence-electron chi connectivity index (χ3n) is 10.3. The fraction of sp³-hybridized carbons (Fsp3) is 0.854. The maximum Gasteiger partial charge on any atom is 1.00 e. The first-order valence-electron chi connectivity index (χ1n) is 20.8. The molecule has 19 heteroatoms. The molecule has 0 bridgehead atoms. The number of esters is 3. The molecule has 0 spiro atoms. The Morgan fingerprint density at radius 3 is 1.80 bits per heavy atom. The van der Waals surface area contributed by atoms with Crippen molar-refractivity contribution in [1.29, 1.82) is 0 Å². The van der Waals surface area contributed by atoms with Gasteiger partial charge in [0, 0.05) is 30.4 Å². The molecule has 4 N–H and O–H groups in total. The zero-order valence-electron chi connectivity index (χ0n) is 38.4. The minimum atomic E-state index is -4.72. The third-order valence-corrected chi connectivity index (χ3v) is 11.4. The summed E-state index contributed by atoms with van der Waals surface area (Å²) in [6, 6.07) is 0. The SMILES string of the molecule is CCCCC(CC)COC(=O)C(CC(C)C(=O)NCNC(=O)C(C)C)CC(C)(CC(C)(CC(CC)C(=O)NC(C)(C)CS(=O)(=O)[O-])C(=O)OCCO)C(=O)OCCOC.[Na+]. The summed E-state index contributed by atoms with van der Waals surface area (Å²) in [4.78, 5) is 81.3. The van der Waals surface area contributed by atoms with E-state index in [2.05, 4.69) is 22.9 Å². The van der Waals surface area contributed by atoms with Gasteiger partial charge in [-0.3, -0.25) is 28.8 Å². The molecule has 0 saturated heterocycles. The van der Waals surface area contributed by atoms with Gasteiger partial charge in [-0.1, -0.05) is 60.8 Å². The Bertz CT molecular complexity index is 1460. The van der Waals surface area contributed by atoms with Crippen molar-refractivity contribution in [1.82, 2.24) is 16.0 Å². The molecular weight excluding hydrogens is 814 g/mol. The molecule has 0 radical (unpaired) electrons. The van der Waals surface area contributed by atoms with Crippen molar-refractivity contribution >= 4 is 45.7 Å². The van der Waals surface area contributed by atoms with E-state index in [9.17, 15) is 46.8 Å². The van der Waals surface area contributed by atoms with Crippen LogP contribution in [0.3, 0.4) is 0 Å². The third kappa shape index (κ3) is 23.2. The number of carbonyl (C=O) groups is 6. The Hall–Kier alpha value is -2.35. The molecule has 344 valence electrons. The number of methoxy groups -OCH3 is 1. The quantitative estimate of drug-likeness (QED) is 0.0186. The zero-order chi connectivity index (χ0) is 45.6. The van der Waals surface area contributed by atoms with Gasteiger partial charge >= 0.3 is 47.5 Å². The second-order valence-electron chi connectivity index (χ2n) is 17.2. The van der Waals surface area contributed by atoms with Crippen LogP contribution in [-0.2, 0) is 57.8 Å². The standard InChI is InChI=1S/C41H75N3O14S.Na/c1-12-15-16-30(13-2)24-58-36(49)32(21-29(6)34(47)43-27-42-33(46)28(4)5)23-41(10,38(51)57-20-19-55-11)25-40(9,37(50)56-18-17-45)22-31(14-3)35(48)44-39(7,8)26-59(52,53)54;/h28-32,45H,12-27H2,1-11H3,(H,42,46)(H,43,47)(H,44,48)(H,52,53,54);/q;+1/p-1. The van der Waals surface area contributed by atoms with Gasteiger partial charge in [0.15, 0.2) is 0 Å². The van der Waals surface area contributed by atoms with Crippen molar-refractivity contribution in [3.8, 4) is 0 Å². The largest absolute Gasteiger partial charge is 1.00 e. The van der Waals surface area contributed by atoms with E-state index in [1.807, 2.05) is 6.92 Å². The van der Waals surface area contributed by atoms with Gasteiger partial charge < -0.3 is 44.6 Å². The summed E-state index contributed by atoms with van der Waals surface area (Å²) < 4.78 is 56.7. The van der Waals surface area contributed by atoms with Crippen molar-refractivity contribution in [2.45, 2.75) is 133 Å². The molecule has 0 aromatic carbocycles. The smallest absolute Gasteiger partial charge is 0.748 e. The Labute approximate surface area is 380 Å². The fourth-order valence-electron chi connectivity index (χ4n) is 7.05. The van der Waals surface area contributed by atoms with E-state index >= 15 is 0 Å². The molecule has 60 heavy (non-hydrogen) atoms. The molecule has 0 aliphatic heterocycles. The van der Waals surface area contributed by atoms with Crippen molar-refractivity contribution in [2.75, 3.05) is 52.6 Å². The van der Waals surface area contributed by atoms with Crippen LogP contribution in [0.5, 0.6) is 0 Å². The first-order valence-corrected chi connectivity index (χ1v) is 22.3. The number of aliphatic hydroxyl groups excluding tert-OH is 1. The van der Waals surface area contributed by atoms with Crippen LogP contribution in [-0.4, -0.2) is 112 Å². The number of ether oxygens (including phenoxy) is 4. The Morgan fingerprint density at radius 2 is 1.32 bits per heavy atom. The second kappa shape index (κ2) is 29.1. The van der Waals surface area contributed by atoms with E-state index in [0.717, 1.165) is 25.7 Å². The summed E-state index contributed by atoms with van der Waals surface area (Å²) in [6.45, 7) is 15.5. The molecule has 0 aromatic heterocycles. The van der Waals surface area contributed by atoms with Gasteiger partial charge in [-0.15, -0.1) is 0 Å². The van der Waals surface area contributed by atoms with Crippen LogP contribution in [0.2, 0.25) is 0 Å². The van der Waals surface area contributed by atoms with Crippen molar-refractivity contribution in [3.63, 3.8) is 0 Å². The molecule has 0 rings (SSSR count). The molecular formula is C41H74N3NaO14S. The fourth-order valence-corrected chi connectivity index (χ4v) is 8.01. The minimum absolute atomic E-state index is 0. The number of unbranched alkanes of at least 4 members (excludes halogenated alkanes) is 1.